The van der Waals surface area contributed by atoms with Crippen molar-refractivity contribution in [3.05, 3.63) is 29.3 Å². The molecule has 0 radical (unpaired) electrons. The van der Waals surface area contributed by atoms with Crippen LogP contribution in [0.25, 0.3) is 0 Å². The second-order valence-electron chi connectivity index (χ2n) is 5.66. The molecule has 24 heavy (non-hydrogen) atoms. The summed E-state index contributed by atoms with van der Waals surface area (Å²) in [6.45, 7) is 4.55. The van der Waals surface area contributed by atoms with Crippen LogP contribution in [0.2, 0.25) is 5.02 Å². The summed E-state index contributed by atoms with van der Waals surface area (Å²) in [7, 11) is 0. The summed E-state index contributed by atoms with van der Waals surface area (Å²) >= 11 is 6.73. The molecule has 8 heteroatoms. The van der Waals surface area contributed by atoms with Crippen LogP contribution in [0.1, 0.15) is 27.2 Å². The number of carboxylic acid groups (broad SMARTS) is 1. The maximum absolute atomic E-state index is 12.4. The maximum atomic E-state index is 12.4. The van der Waals surface area contributed by atoms with Gasteiger partial charge in [0, 0.05) is 23.7 Å². The fraction of sp³-hybridized carbons (Fsp3) is 0.438. The smallest absolute Gasteiger partial charge is 0.305 e. The van der Waals surface area contributed by atoms with Crippen molar-refractivity contribution in [3.63, 3.8) is 0 Å². The molecule has 0 fully saturated rings. The number of nitrogens with one attached hydrogen (secondary N) is 1. The summed E-state index contributed by atoms with van der Waals surface area (Å²) in [6.07, 6.45) is -0.252. The topological polar surface area (TPSA) is 92.7 Å². The molecule has 0 saturated carbocycles. The van der Waals surface area contributed by atoms with Crippen LogP contribution in [-0.2, 0) is 14.4 Å². The molecule has 1 atom stereocenters. The summed E-state index contributed by atoms with van der Waals surface area (Å²) < 4.78 is 5.68. The molecule has 6 nitrogen and oxygen atoms in total. The SMILES string of the molecule is CC(=O)NC(CSC(=O)C(C)(C)Oc1ccc(Cl)cc1)CC(=O)O. The van der Waals surface area contributed by atoms with Crippen molar-refractivity contribution in [1.29, 1.82) is 0 Å². The summed E-state index contributed by atoms with van der Waals surface area (Å²) in [5, 5.41) is 11.7. The van der Waals surface area contributed by atoms with Gasteiger partial charge < -0.3 is 15.2 Å². The standard InChI is InChI=1S/C16H20ClNO5S/c1-10(19)18-12(8-14(20)21)9-24-15(22)16(2,3)23-13-6-4-11(17)5-7-13/h4-7,12H,8-9H2,1-3H3,(H,18,19)(H,20,21). The van der Waals surface area contributed by atoms with Gasteiger partial charge in [0.2, 0.25) is 11.0 Å². The second-order valence-corrected chi connectivity index (χ2v) is 7.09. The molecular weight excluding hydrogens is 354 g/mol. The Bertz CT molecular complexity index is 587. The molecule has 1 rings (SSSR count). The highest BCUT2D eigenvalue weighted by molar-refractivity contribution is 8.13. The van der Waals surface area contributed by atoms with Gasteiger partial charge in [-0.2, -0.15) is 0 Å². The van der Waals surface area contributed by atoms with Crippen LogP contribution in [0, 0.1) is 0 Å². The molecule has 0 spiro atoms. The first-order chi connectivity index (χ1) is 11.1. The number of ether oxygens (including phenoxy) is 1. The number of benzene rings is 1. The minimum Gasteiger partial charge on any atom is -0.481 e. The fourth-order valence-electron chi connectivity index (χ4n) is 1.84. The van der Waals surface area contributed by atoms with Crippen LogP contribution in [0.3, 0.4) is 0 Å². The summed E-state index contributed by atoms with van der Waals surface area (Å²) in [4.78, 5) is 34.3. The normalized spacial score (nSPS) is 12.3. The van der Waals surface area contributed by atoms with Crippen molar-refractivity contribution < 1.29 is 24.2 Å². The third kappa shape index (κ3) is 7.23. The van der Waals surface area contributed by atoms with Crippen molar-refractivity contribution in [3.8, 4) is 5.75 Å². The van der Waals surface area contributed by atoms with Crippen molar-refractivity contribution in [1.82, 2.24) is 5.32 Å². The Labute approximate surface area is 149 Å². The van der Waals surface area contributed by atoms with Crippen LogP contribution in [0.5, 0.6) is 5.75 Å². The fourth-order valence-corrected chi connectivity index (χ4v) is 2.91. The van der Waals surface area contributed by atoms with Crippen LogP contribution in [0.4, 0.5) is 0 Å². The maximum Gasteiger partial charge on any atom is 0.305 e. The molecule has 2 N–H and O–H groups in total. The van der Waals surface area contributed by atoms with Gasteiger partial charge in [-0.15, -0.1) is 0 Å². The minimum absolute atomic E-state index is 0.151. The highest BCUT2D eigenvalue weighted by Crippen LogP contribution is 2.25. The van der Waals surface area contributed by atoms with E-state index < -0.39 is 17.6 Å². The lowest BCUT2D eigenvalue weighted by molar-refractivity contribution is -0.137. The number of thioether (sulfide) groups is 1. The van der Waals surface area contributed by atoms with E-state index in [0.717, 1.165) is 11.8 Å². The Hall–Kier alpha value is -1.73. The minimum atomic E-state index is -1.11. The first-order valence-corrected chi connectivity index (χ1v) is 8.57. The van der Waals surface area contributed by atoms with E-state index in [1.54, 1.807) is 38.1 Å². The van der Waals surface area contributed by atoms with Crippen LogP contribution < -0.4 is 10.1 Å². The zero-order chi connectivity index (χ0) is 18.3. The van der Waals surface area contributed by atoms with Crippen molar-refractivity contribution in [2.75, 3.05) is 5.75 Å². The van der Waals surface area contributed by atoms with E-state index in [1.807, 2.05) is 0 Å². The highest BCUT2D eigenvalue weighted by atomic mass is 35.5. The molecule has 0 aliphatic heterocycles. The number of hydrogen-bond donors (Lipinski definition) is 2. The Morgan fingerprint density at radius 2 is 1.88 bits per heavy atom. The number of carbonyl (C=O) groups excluding carboxylic acids is 2. The lowest BCUT2D eigenvalue weighted by Crippen LogP contribution is -2.40. The number of carboxylic acids is 1. The van der Waals surface area contributed by atoms with E-state index in [1.165, 1.54) is 6.92 Å². The third-order valence-electron chi connectivity index (χ3n) is 2.92. The van der Waals surface area contributed by atoms with E-state index in [9.17, 15) is 14.4 Å². The molecule has 0 aliphatic carbocycles. The molecule has 0 heterocycles. The Balaban J connectivity index is 2.64. The van der Waals surface area contributed by atoms with Gasteiger partial charge in [-0.25, -0.2) is 0 Å². The Morgan fingerprint density at radius 3 is 2.38 bits per heavy atom. The highest BCUT2D eigenvalue weighted by Gasteiger charge is 2.31. The summed E-state index contributed by atoms with van der Waals surface area (Å²) in [6, 6.07) is 6.01. The first-order valence-electron chi connectivity index (χ1n) is 7.21. The van der Waals surface area contributed by atoms with E-state index in [-0.39, 0.29) is 23.2 Å². The van der Waals surface area contributed by atoms with Gasteiger partial charge in [-0.3, -0.25) is 14.4 Å². The molecule has 132 valence electrons. The van der Waals surface area contributed by atoms with Crippen molar-refractivity contribution >= 4 is 40.4 Å². The lowest BCUT2D eigenvalue weighted by atomic mass is 10.1. The van der Waals surface area contributed by atoms with Gasteiger partial charge >= 0.3 is 5.97 Å². The predicted molar refractivity (Wildman–Crippen MR) is 93.5 cm³/mol. The van der Waals surface area contributed by atoms with Crippen LogP contribution in [-0.4, -0.2) is 39.5 Å². The number of amides is 1. The number of rotatable bonds is 8. The average molecular weight is 374 g/mol. The number of aliphatic carboxylic acids is 1. The predicted octanol–water partition coefficient (Wildman–Crippen LogP) is 2.74. The quantitative estimate of drug-likeness (QED) is 0.727. The van der Waals surface area contributed by atoms with Gasteiger partial charge in [0.1, 0.15) is 5.75 Å². The van der Waals surface area contributed by atoms with Crippen molar-refractivity contribution in [2.24, 2.45) is 0 Å². The Kier molecular flexibility index (Phi) is 7.57. The molecule has 1 unspecified atom stereocenters. The number of hydrogen-bond acceptors (Lipinski definition) is 5. The number of carbonyl (C=O) groups is 3. The van der Waals surface area contributed by atoms with E-state index in [2.05, 4.69) is 5.32 Å². The monoisotopic (exact) mass is 373 g/mol. The zero-order valence-corrected chi connectivity index (χ0v) is 15.2. The van der Waals surface area contributed by atoms with Gasteiger partial charge in [-0.1, -0.05) is 23.4 Å². The van der Waals surface area contributed by atoms with Gasteiger partial charge in [0.25, 0.3) is 0 Å². The molecule has 1 amide bonds. The summed E-state index contributed by atoms with van der Waals surface area (Å²) in [5.41, 5.74) is -1.11. The molecule has 1 aromatic rings. The number of halogens is 1. The second kappa shape index (κ2) is 8.94. The lowest BCUT2D eigenvalue weighted by Gasteiger charge is -2.25. The molecule has 1 aromatic carbocycles. The molecule has 0 bridgehead atoms. The Morgan fingerprint density at radius 1 is 1.29 bits per heavy atom. The third-order valence-corrected chi connectivity index (χ3v) is 4.50. The van der Waals surface area contributed by atoms with Crippen molar-refractivity contribution in [2.45, 2.75) is 38.8 Å². The molecule has 0 aliphatic rings. The van der Waals surface area contributed by atoms with E-state index in [0.29, 0.717) is 10.8 Å². The molecule has 0 aromatic heterocycles. The van der Waals surface area contributed by atoms with Crippen LogP contribution >= 0.6 is 23.4 Å². The van der Waals surface area contributed by atoms with Gasteiger partial charge in [0.05, 0.1) is 6.42 Å². The zero-order valence-electron chi connectivity index (χ0n) is 13.7. The molecular formula is C16H20ClNO5S. The molecule has 0 saturated heterocycles. The van der Waals surface area contributed by atoms with Gasteiger partial charge in [-0.05, 0) is 38.1 Å². The summed E-state index contributed by atoms with van der Waals surface area (Å²) in [5.74, 6) is -0.732. The van der Waals surface area contributed by atoms with E-state index in [4.69, 9.17) is 21.4 Å². The van der Waals surface area contributed by atoms with Gasteiger partial charge in [0.15, 0.2) is 5.60 Å². The van der Waals surface area contributed by atoms with E-state index >= 15 is 0 Å². The average Bonchev–Trinajstić information content (AvgIpc) is 2.45. The first kappa shape index (κ1) is 20.3. The van der Waals surface area contributed by atoms with Crippen LogP contribution in [0.15, 0.2) is 24.3 Å². The largest absolute Gasteiger partial charge is 0.481 e.